The number of fused-ring (bicyclic) bond motifs is 2. The third-order valence-electron chi connectivity index (χ3n) is 5.59. The number of nitrogens with one attached hydrogen (secondary N) is 2. The van der Waals surface area contributed by atoms with E-state index >= 15 is 0 Å². The Hall–Kier alpha value is -3.30. The topological polar surface area (TPSA) is 108 Å². The summed E-state index contributed by atoms with van der Waals surface area (Å²) in [5.41, 5.74) is 2.88. The highest BCUT2D eigenvalue weighted by Crippen LogP contribution is 2.28. The van der Waals surface area contributed by atoms with Crippen molar-refractivity contribution in [3.8, 4) is 0 Å². The van der Waals surface area contributed by atoms with E-state index in [0.717, 1.165) is 15.8 Å². The van der Waals surface area contributed by atoms with Crippen molar-refractivity contribution >= 4 is 56.8 Å². The Morgan fingerprint density at radius 3 is 2.88 bits per heavy atom. The summed E-state index contributed by atoms with van der Waals surface area (Å²) in [6, 6.07) is 9.98. The fourth-order valence-corrected chi connectivity index (χ4v) is 5.15. The van der Waals surface area contributed by atoms with Crippen LogP contribution in [-0.4, -0.2) is 39.6 Å². The molecular formula is C22H17ClN4O4S. The summed E-state index contributed by atoms with van der Waals surface area (Å²) in [5, 5.41) is 6.09. The van der Waals surface area contributed by atoms with Crippen LogP contribution in [0.15, 0.2) is 36.4 Å². The Kier molecular flexibility index (Phi) is 5.15. The van der Waals surface area contributed by atoms with E-state index in [4.69, 9.17) is 11.6 Å². The molecule has 10 heteroatoms. The van der Waals surface area contributed by atoms with E-state index < -0.39 is 11.9 Å². The van der Waals surface area contributed by atoms with Crippen molar-refractivity contribution in [3.63, 3.8) is 0 Å². The molecule has 1 atom stereocenters. The maximum Gasteiger partial charge on any atom is 0.280 e. The monoisotopic (exact) mass is 468 g/mol. The number of thiazole rings is 1. The van der Waals surface area contributed by atoms with Crippen LogP contribution < -0.4 is 10.6 Å². The Labute approximate surface area is 191 Å². The van der Waals surface area contributed by atoms with E-state index in [1.54, 1.807) is 30.3 Å². The highest BCUT2D eigenvalue weighted by molar-refractivity contribution is 7.20. The van der Waals surface area contributed by atoms with Crippen LogP contribution in [0.5, 0.6) is 0 Å². The standard InChI is InChI=1S/C22H17ClN4O4S/c23-13-2-4-15-17(8-13)32-21(25-15)20(30)24-9-11-1-3-14-12(7-11)10-27(22(14)31)16-5-6-18(28)26-19(16)29/h1-4,7-8,16H,5-6,9-10H2,(H,24,30)(H,26,28,29). The largest absolute Gasteiger partial charge is 0.346 e. The number of aromatic nitrogens is 1. The number of hydrogen-bond acceptors (Lipinski definition) is 6. The normalized spacial score (nSPS) is 18.1. The quantitative estimate of drug-likeness (QED) is 0.572. The summed E-state index contributed by atoms with van der Waals surface area (Å²) < 4.78 is 0.840. The smallest absolute Gasteiger partial charge is 0.280 e. The lowest BCUT2D eigenvalue weighted by Gasteiger charge is -2.29. The minimum Gasteiger partial charge on any atom is -0.346 e. The molecule has 32 heavy (non-hydrogen) atoms. The highest BCUT2D eigenvalue weighted by Gasteiger charge is 2.39. The summed E-state index contributed by atoms with van der Waals surface area (Å²) in [6.45, 7) is 0.566. The van der Waals surface area contributed by atoms with Crippen LogP contribution in [-0.2, 0) is 22.7 Å². The zero-order valence-electron chi connectivity index (χ0n) is 16.7. The maximum atomic E-state index is 12.8. The molecule has 3 aromatic rings. The first-order chi connectivity index (χ1) is 15.4. The number of hydrogen-bond donors (Lipinski definition) is 2. The van der Waals surface area contributed by atoms with Crippen LogP contribution in [0.4, 0.5) is 0 Å². The lowest BCUT2D eigenvalue weighted by atomic mass is 10.0. The van der Waals surface area contributed by atoms with Gasteiger partial charge >= 0.3 is 0 Å². The van der Waals surface area contributed by atoms with Gasteiger partial charge in [0.2, 0.25) is 11.8 Å². The van der Waals surface area contributed by atoms with E-state index in [1.807, 2.05) is 6.07 Å². The van der Waals surface area contributed by atoms with Gasteiger partial charge < -0.3 is 10.2 Å². The number of carbonyl (C=O) groups is 4. The number of halogens is 1. The fourth-order valence-electron chi connectivity index (χ4n) is 3.99. The molecule has 1 fully saturated rings. The summed E-state index contributed by atoms with van der Waals surface area (Å²) in [7, 11) is 0. The van der Waals surface area contributed by atoms with Crippen molar-refractivity contribution in [2.24, 2.45) is 0 Å². The zero-order valence-corrected chi connectivity index (χ0v) is 18.3. The van der Waals surface area contributed by atoms with E-state index in [9.17, 15) is 19.2 Å². The van der Waals surface area contributed by atoms with Crippen molar-refractivity contribution in [1.29, 1.82) is 0 Å². The number of piperidine rings is 1. The van der Waals surface area contributed by atoms with Crippen molar-refractivity contribution in [3.05, 3.63) is 63.1 Å². The van der Waals surface area contributed by atoms with E-state index in [2.05, 4.69) is 15.6 Å². The van der Waals surface area contributed by atoms with Gasteiger partial charge in [-0.15, -0.1) is 11.3 Å². The molecule has 2 aromatic carbocycles. The van der Waals surface area contributed by atoms with Gasteiger partial charge in [-0.1, -0.05) is 23.7 Å². The van der Waals surface area contributed by atoms with Crippen molar-refractivity contribution < 1.29 is 19.2 Å². The summed E-state index contributed by atoms with van der Waals surface area (Å²) in [4.78, 5) is 54.7. The molecule has 3 heterocycles. The number of benzene rings is 2. The number of carbonyl (C=O) groups excluding carboxylic acids is 4. The number of imide groups is 1. The van der Waals surface area contributed by atoms with Crippen molar-refractivity contribution in [2.45, 2.75) is 32.0 Å². The third kappa shape index (κ3) is 3.74. The van der Waals surface area contributed by atoms with Gasteiger partial charge in [0, 0.05) is 30.1 Å². The lowest BCUT2D eigenvalue weighted by Crippen LogP contribution is -2.52. The number of amides is 4. The predicted octanol–water partition coefficient (Wildman–Crippen LogP) is 2.64. The van der Waals surface area contributed by atoms with Crippen LogP contribution in [0.1, 0.15) is 44.1 Å². The molecule has 0 saturated carbocycles. The maximum absolute atomic E-state index is 12.8. The van der Waals surface area contributed by atoms with E-state index in [1.165, 1.54) is 16.2 Å². The van der Waals surface area contributed by atoms with Crippen molar-refractivity contribution in [2.75, 3.05) is 0 Å². The first kappa shape index (κ1) is 20.6. The number of rotatable bonds is 4. The van der Waals surface area contributed by atoms with Gasteiger partial charge in [-0.2, -0.15) is 0 Å². The average molecular weight is 469 g/mol. The predicted molar refractivity (Wildman–Crippen MR) is 118 cm³/mol. The SMILES string of the molecule is O=C1CCC(N2Cc3cc(CNC(=O)c4nc5ccc(Cl)cc5s4)ccc3C2=O)C(=O)N1. The third-order valence-corrected chi connectivity index (χ3v) is 6.84. The molecule has 2 aliphatic heterocycles. The summed E-state index contributed by atoms with van der Waals surface area (Å²) in [6.07, 6.45) is 0.534. The van der Waals surface area contributed by atoms with Crippen LogP contribution >= 0.6 is 22.9 Å². The van der Waals surface area contributed by atoms with Gasteiger partial charge in [0.25, 0.3) is 11.8 Å². The highest BCUT2D eigenvalue weighted by atomic mass is 35.5. The van der Waals surface area contributed by atoms with Gasteiger partial charge in [0.15, 0.2) is 5.01 Å². The molecule has 1 saturated heterocycles. The van der Waals surface area contributed by atoms with Crippen molar-refractivity contribution in [1.82, 2.24) is 20.5 Å². The molecule has 1 aromatic heterocycles. The number of nitrogens with zero attached hydrogens (tertiary/aromatic N) is 2. The molecule has 1 unspecified atom stereocenters. The molecule has 0 aliphatic carbocycles. The van der Waals surface area contributed by atoms with Gasteiger partial charge in [-0.25, -0.2) is 4.98 Å². The lowest BCUT2D eigenvalue weighted by molar-refractivity contribution is -0.136. The van der Waals surface area contributed by atoms with E-state index in [-0.39, 0.29) is 30.7 Å². The van der Waals surface area contributed by atoms with E-state index in [0.29, 0.717) is 34.1 Å². The van der Waals surface area contributed by atoms with Crippen LogP contribution in [0.25, 0.3) is 10.2 Å². The summed E-state index contributed by atoms with van der Waals surface area (Å²) >= 11 is 7.26. The Morgan fingerprint density at radius 1 is 1.22 bits per heavy atom. The molecule has 8 nitrogen and oxygen atoms in total. The second kappa shape index (κ2) is 7.99. The minimum absolute atomic E-state index is 0.214. The Balaban J connectivity index is 1.27. The molecule has 0 radical (unpaired) electrons. The van der Waals surface area contributed by atoms with Gasteiger partial charge in [0.05, 0.1) is 10.2 Å². The van der Waals surface area contributed by atoms with Gasteiger partial charge in [-0.05, 0) is 41.8 Å². The molecule has 162 valence electrons. The summed E-state index contributed by atoms with van der Waals surface area (Å²) in [5.74, 6) is -1.26. The molecule has 4 amide bonds. The fraction of sp³-hybridized carbons (Fsp3) is 0.227. The molecule has 5 rings (SSSR count). The second-order valence-electron chi connectivity index (χ2n) is 7.71. The molecule has 0 bridgehead atoms. The molecule has 0 spiro atoms. The Bertz CT molecular complexity index is 1300. The molecule has 2 N–H and O–H groups in total. The minimum atomic E-state index is -0.650. The molecular weight excluding hydrogens is 452 g/mol. The van der Waals surface area contributed by atoms with Crippen LogP contribution in [0.2, 0.25) is 5.02 Å². The van der Waals surface area contributed by atoms with Gasteiger partial charge in [-0.3, -0.25) is 24.5 Å². The van der Waals surface area contributed by atoms with Crippen LogP contribution in [0, 0.1) is 0 Å². The van der Waals surface area contributed by atoms with Gasteiger partial charge in [0.1, 0.15) is 6.04 Å². The zero-order chi connectivity index (χ0) is 22.4. The molecule has 2 aliphatic rings. The Morgan fingerprint density at radius 2 is 2.06 bits per heavy atom. The average Bonchev–Trinajstić information content (AvgIpc) is 3.33. The first-order valence-electron chi connectivity index (χ1n) is 10.00. The first-order valence-corrected chi connectivity index (χ1v) is 11.2. The second-order valence-corrected chi connectivity index (χ2v) is 9.17. The van der Waals surface area contributed by atoms with Crippen LogP contribution in [0.3, 0.4) is 0 Å².